The highest BCUT2D eigenvalue weighted by molar-refractivity contribution is 9.10. The molecule has 1 aromatic carbocycles. The summed E-state index contributed by atoms with van der Waals surface area (Å²) >= 11 is 3.45. The van der Waals surface area contributed by atoms with Crippen LogP contribution in [-0.2, 0) is 5.54 Å². The highest BCUT2D eigenvalue weighted by Crippen LogP contribution is 2.42. The van der Waals surface area contributed by atoms with Crippen molar-refractivity contribution in [3.63, 3.8) is 0 Å². The van der Waals surface area contributed by atoms with Crippen LogP contribution in [0, 0.1) is 0 Å². The maximum absolute atomic E-state index is 4.85. The molecule has 1 aliphatic carbocycles. The molecule has 0 bridgehead atoms. The van der Waals surface area contributed by atoms with Gasteiger partial charge in [0.1, 0.15) is 5.54 Å². The zero-order valence-electron chi connectivity index (χ0n) is 12.9. The Morgan fingerprint density at radius 3 is 2.48 bits per heavy atom. The van der Waals surface area contributed by atoms with Crippen LogP contribution in [0.3, 0.4) is 0 Å². The van der Waals surface area contributed by atoms with Crippen molar-refractivity contribution in [2.24, 2.45) is 4.99 Å². The zero-order chi connectivity index (χ0) is 15.7. The summed E-state index contributed by atoms with van der Waals surface area (Å²) in [4.78, 5) is 14.1. The Hall–Kier alpha value is -1.75. The van der Waals surface area contributed by atoms with Gasteiger partial charge < -0.3 is 5.32 Å². The Balaban J connectivity index is 1.64. The number of hydrogen-bond acceptors (Lipinski definition) is 4. The molecule has 5 heteroatoms. The Kier molecular flexibility index (Phi) is 3.89. The molecular weight excluding hydrogens is 352 g/mol. The van der Waals surface area contributed by atoms with Crippen LogP contribution in [0.4, 0.5) is 11.6 Å². The molecule has 1 N–H and O–H groups in total. The zero-order valence-corrected chi connectivity index (χ0v) is 14.5. The normalized spacial score (nSPS) is 18.7. The number of halogens is 1. The molecule has 0 atom stereocenters. The second-order valence-electron chi connectivity index (χ2n) is 6.33. The smallest absolute Gasteiger partial charge is 0.227 e. The summed E-state index contributed by atoms with van der Waals surface area (Å²) in [6, 6.07) is 8.04. The van der Waals surface area contributed by atoms with Gasteiger partial charge in [-0.05, 0) is 37.1 Å². The molecule has 0 amide bonds. The van der Waals surface area contributed by atoms with Gasteiger partial charge in [0.15, 0.2) is 0 Å². The van der Waals surface area contributed by atoms with Crippen molar-refractivity contribution in [2.75, 3.05) is 5.32 Å². The van der Waals surface area contributed by atoms with E-state index >= 15 is 0 Å². The molecule has 1 fully saturated rings. The van der Waals surface area contributed by atoms with E-state index in [2.05, 4.69) is 26.2 Å². The molecule has 1 aromatic heterocycles. The summed E-state index contributed by atoms with van der Waals surface area (Å²) in [5, 5.41) is 3.30. The Labute approximate surface area is 144 Å². The number of hydrogen-bond donors (Lipinski definition) is 1. The fourth-order valence-electron chi connectivity index (χ4n) is 3.51. The van der Waals surface area contributed by atoms with E-state index in [9.17, 15) is 0 Å². The number of anilines is 2. The van der Waals surface area contributed by atoms with E-state index in [4.69, 9.17) is 9.98 Å². The lowest BCUT2D eigenvalue weighted by molar-refractivity contribution is 0.387. The van der Waals surface area contributed by atoms with Crippen molar-refractivity contribution in [1.82, 2.24) is 9.97 Å². The lowest BCUT2D eigenvalue weighted by atomic mass is 9.87. The topological polar surface area (TPSA) is 50.2 Å². The molecule has 0 saturated heterocycles. The van der Waals surface area contributed by atoms with Crippen molar-refractivity contribution < 1.29 is 0 Å². The minimum atomic E-state index is -0.106. The van der Waals surface area contributed by atoms with Gasteiger partial charge in [0.05, 0.1) is 5.69 Å². The van der Waals surface area contributed by atoms with Crippen molar-refractivity contribution >= 4 is 33.8 Å². The van der Waals surface area contributed by atoms with Crippen LogP contribution in [0.15, 0.2) is 39.9 Å². The third kappa shape index (κ3) is 2.90. The Morgan fingerprint density at radius 1 is 1.00 bits per heavy atom. The predicted molar refractivity (Wildman–Crippen MR) is 96.4 cm³/mol. The van der Waals surface area contributed by atoms with E-state index in [0.29, 0.717) is 5.95 Å². The molecule has 2 aromatic rings. The maximum Gasteiger partial charge on any atom is 0.227 e. The molecule has 1 spiro atoms. The van der Waals surface area contributed by atoms with Crippen molar-refractivity contribution in [3.05, 3.63) is 46.2 Å². The molecule has 4 rings (SSSR count). The third-order valence-corrected chi connectivity index (χ3v) is 5.27. The SMILES string of the molecule is Brc1ccc(Nc2ncc3c(n2)C2(CCCCCC2)N=C3)cc1. The Bertz CT molecular complexity index is 731. The first kappa shape index (κ1) is 14.8. The van der Waals surface area contributed by atoms with E-state index in [-0.39, 0.29) is 5.54 Å². The number of fused-ring (bicyclic) bond motifs is 2. The lowest BCUT2D eigenvalue weighted by Gasteiger charge is -2.25. The monoisotopic (exact) mass is 370 g/mol. The molecule has 118 valence electrons. The van der Waals surface area contributed by atoms with Crippen LogP contribution in [-0.4, -0.2) is 16.2 Å². The number of aliphatic imine (C=N–C) groups is 1. The van der Waals surface area contributed by atoms with Crippen LogP contribution in [0.5, 0.6) is 0 Å². The fourth-order valence-corrected chi connectivity index (χ4v) is 3.78. The molecule has 23 heavy (non-hydrogen) atoms. The van der Waals surface area contributed by atoms with Crippen molar-refractivity contribution in [3.8, 4) is 0 Å². The van der Waals surface area contributed by atoms with E-state index in [1.165, 1.54) is 25.7 Å². The molecule has 2 heterocycles. The maximum atomic E-state index is 4.85. The highest BCUT2D eigenvalue weighted by atomic mass is 79.9. The Morgan fingerprint density at radius 2 is 1.74 bits per heavy atom. The van der Waals surface area contributed by atoms with Crippen LogP contribution >= 0.6 is 15.9 Å². The predicted octanol–water partition coefficient (Wildman–Crippen LogP) is 4.96. The van der Waals surface area contributed by atoms with Gasteiger partial charge in [-0.1, -0.05) is 41.6 Å². The van der Waals surface area contributed by atoms with E-state index in [1.54, 1.807) is 0 Å². The molecule has 1 saturated carbocycles. The first-order valence-electron chi connectivity index (χ1n) is 8.21. The second kappa shape index (κ2) is 6.04. The quantitative estimate of drug-likeness (QED) is 0.811. The molecule has 1 aliphatic heterocycles. The van der Waals surface area contributed by atoms with Gasteiger partial charge >= 0.3 is 0 Å². The number of benzene rings is 1. The molecule has 4 nitrogen and oxygen atoms in total. The van der Waals surface area contributed by atoms with E-state index in [1.807, 2.05) is 36.7 Å². The number of rotatable bonds is 2. The first-order valence-corrected chi connectivity index (χ1v) is 9.00. The average Bonchev–Trinajstić information content (AvgIpc) is 2.75. The highest BCUT2D eigenvalue weighted by Gasteiger charge is 2.38. The van der Waals surface area contributed by atoms with E-state index in [0.717, 1.165) is 34.3 Å². The van der Waals surface area contributed by atoms with Crippen LogP contribution in [0.25, 0.3) is 0 Å². The molecule has 0 radical (unpaired) electrons. The van der Waals surface area contributed by atoms with Crippen LogP contribution in [0.2, 0.25) is 0 Å². The molecule has 0 unspecified atom stereocenters. The molecule has 2 aliphatic rings. The van der Waals surface area contributed by atoms with Gasteiger partial charge in [-0.3, -0.25) is 4.99 Å². The number of aromatic nitrogens is 2. The summed E-state index contributed by atoms with van der Waals surface area (Å²) in [6.07, 6.45) is 11.1. The number of nitrogens with zero attached hydrogens (tertiary/aromatic N) is 3. The second-order valence-corrected chi connectivity index (χ2v) is 7.25. The largest absolute Gasteiger partial charge is 0.324 e. The van der Waals surface area contributed by atoms with E-state index < -0.39 is 0 Å². The summed E-state index contributed by atoms with van der Waals surface area (Å²) < 4.78 is 1.06. The standard InChI is InChI=1S/C18H19BrN4/c19-14-5-7-15(8-6-14)22-17-20-11-13-12-21-18(16(13)23-17)9-3-1-2-4-10-18/h5-8,11-12H,1-4,9-10H2,(H,20,22,23). The lowest BCUT2D eigenvalue weighted by Crippen LogP contribution is -2.22. The average molecular weight is 371 g/mol. The summed E-state index contributed by atoms with van der Waals surface area (Å²) in [5.41, 5.74) is 3.06. The van der Waals surface area contributed by atoms with Crippen molar-refractivity contribution in [1.29, 1.82) is 0 Å². The van der Waals surface area contributed by atoms with Gasteiger partial charge in [0.25, 0.3) is 0 Å². The first-order chi connectivity index (χ1) is 11.3. The van der Waals surface area contributed by atoms with Gasteiger partial charge in [-0.2, -0.15) is 0 Å². The third-order valence-electron chi connectivity index (χ3n) is 4.74. The minimum absolute atomic E-state index is 0.106. The van der Waals surface area contributed by atoms with Gasteiger partial charge in [-0.25, -0.2) is 9.97 Å². The van der Waals surface area contributed by atoms with Crippen molar-refractivity contribution in [2.45, 2.75) is 44.1 Å². The molecular formula is C18H19BrN4. The minimum Gasteiger partial charge on any atom is -0.324 e. The summed E-state index contributed by atoms with van der Waals surface area (Å²) in [6.45, 7) is 0. The number of nitrogens with one attached hydrogen (secondary N) is 1. The summed E-state index contributed by atoms with van der Waals surface area (Å²) in [5.74, 6) is 0.653. The van der Waals surface area contributed by atoms with Gasteiger partial charge in [-0.15, -0.1) is 0 Å². The van der Waals surface area contributed by atoms with Crippen LogP contribution < -0.4 is 5.32 Å². The van der Waals surface area contributed by atoms with Gasteiger partial charge in [0, 0.05) is 28.1 Å². The van der Waals surface area contributed by atoms with Crippen LogP contribution in [0.1, 0.15) is 49.8 Å². The van der Waals surface area contributed by atoms with Gasteiger partial charge in [0.2, 0.25) is 5.95 Å². The summed E-state index contributed by atoms with van der Waals surface area (Å²) in [7, 11) is 0. The fraction of sp³-hybridized carbons (Fsp3) is 0.389.